The van der Waals surface area contributed by atoms with Crippen molar-refractivity contribution in [3.05, 3.63) is 23.2 Å². The first-order valence-electron chi connectivity index (χ1n) is 4.02. The summed E-state index contributed by atoms with van der Waals surface area (Å²) in [5.74, 6) is 0.353. The van der Waals surface area contributed by atoms with Gasteiger partial charge in [-0.25, -0.2) is 4.79 Å². The van der Waals surface area contributed by atoms with Crippen LogP contribution in [0, 0.1) is 6.92 Å². The Labute approximate surface area is 90.0 Å². The van der Waals surface area contributed by atoms with Crippen LogP contribution in [0.5, 0.6) is 0 Å². The fourth-order valence-corrected chi connectivity index (χ4v) is 1.38. The summed E-state index contributed by atoms with van der Waals surface area (Å²) < 4.78 is 9.76. The van der Waals surface area contributed by atoms with Gasteiger partial charge in [0.1, 0.15) is 23.2 Å². The maximum Gasteiger partial charge on any atom is 0.341 e. The van der Waals surface area contributed by atoms with Crippen molar-refractivity contribution in [3.8, 4) is 0 Å². The van der Waals surface area contributed by atoms with E-state index in [-0.39, 0.29) is 0 Å². The van der Waals surface area contributed by atoms with E-state index in [0.29, 0.717) is 22.4 Å². The third-order valence-corrected chi connectivity index (χ3v) is 2.43. The lowest BCUT2D eigenvalue weighted by molar-refractivity contribution is 0.0599. The van der Waals surface area contributed by atoms with E-state index >= 15 is 0 Å². The maximum atomic E-state index is 11.2. The summed E-state index contributed by atoms with van der Waals surface area (Å²) in [6, 6.07) is 1.49. The molecule has 5 heteroatoms. The highest BCUT2D eigenvalue weighted by Crippen LogP contribution is 2.22. The van der Waals surface area contributed by atoms with Crippen LogP contribution in [0.25, 0.3) is 0 Å². The summed E-state index contributed by atoms with van der Waals surface area (Å²) in [5.41, 5.74) is 0.350. The molecule has 4 nitrogen and oxygen atoms in total. The average molecular weight is 263 g/mol. The number of esters is 1. The Morgan fingerprint density at radius 1 is 1.79 bits per heavy atom. The van der Waals surface area contributed by atoms with Gasteiger partial charge in [-0.3, -0.25) is 0 Å². The van der Waals surface area contributed by atoms with Crippen molar-refractivity contribution in [1.82, 2.24) is 0 Å². The topological polar surface area (TPSA) is 59.7 Å². The predicted molar refractivity (Wildman–Crippen MR) is 53.5 cm³/mol. The number of alkyl halides is 1. The number of aliphatic hydroxyl groups excluding tert-OH is 1. The molecule has 0 fully saturated rings. The molecule has 0 spiro atoms. The van der Waals surface area contributed by atoms with Crippen LogP contribution in [-0.2, 0) is 4.74 Å². The van der Waals surface area contributed by atoms with Crippen LogP contribution in [-0.4, -0.2) is 23.5 Å². The molecule has 0 saturated carbocycles. The van der Waals surface area contributed by atoms with Gasteiger partial charge in [0.15, 0.2) is 0 Å². The van der Waals surface area contributed by atoms with Crippen molar-refractivity contribution >= 4 is 21.9 Å². The Hall–Kier alpha value is -0.810. The molecule has 78 valence electrons. The van der Waals surface area contributed by atoms with Crippen LogP contribution in [0.15, 0.2) is 10.5 Å². The van der Waals surface area contributed by atoms with Gasteiger partial charge >= 0.3 is 5.97 Å². The molecule has 0 bridgehead atoms. The molecule has 0 aromatic carbocycles. The molecule has 14 heavy (non-hydrogen) atoms. The summed E-state index contributed by atoms with van der Waals surface area (Å²) >= 11 is 3.11. The molecule has 0 aliphatic rings. The van der Waals surface area contributed by atoms with Gasteiger partial charge in [-0.2, -0.15) is 0 Å². The van der Waals surface area contributed by atoms with Crippen LogP contribution < -0.4 is 0 Å². The van der Waals surface area contributed by atoms with E-state index in [4.69, 9.17) is 4.42 Å². The minimum atomic E-state index is -0.743. The van der Waals surface area contributed by atoms with Gasteiger partial charge in [0.25, 0.3) is 0 Å². The third-order valence-electron chi connectivity index (χ3n) is 1.82. The van der Waals surface area contributed by atoms with Crippen molar-refractivity contribution in [1.29, 1.82) is 0 Å². The number of furan rings is 1. The maximum absolute atomic E-state index is 11.2. The van der Waals surface area contributed by atoms with E-state index in [0.717, 1.165) is 0 Å². The summed E-state index contributed by atoms with van der Waals surface area (Å²) in [7, 11) is 1.30. The van der Waals surface area contributed by atoms with Crippen molar-refractivity contribution in [2.45, 2.75) is 13.0 Å². The Morgan fingerprint density at radius 3 is 2.93 bits per heavy atom. The molecular formula is C9H11BrO4. The van der Waals surface area contributed by atoms with E-state index in [1.54, 1.807) is 6.92 Å². The van der Waals surface area contributed by atoms with E-state index in [9.17, 15) is 9.90 Å². The van der Waals surface area contributed by atoms with Gasteiger partial charge in [0.05, 0.1) is 7.11 Å². The predicted octanol–water partition coefficient (Wildman–Crippen LogP) is 1.80. The minimum Gasteiger partial charge on any atom is -0.465 e. The number of carbonyl (C=O) groups excluding carboxylic acids is 1. The molecule has 0 amide bonds. The molecule has 0 radical (unpaired) electrons. The number of hydrogen-bond donors (Lipinski definition) is 1. The smallest absolute Gasteiger partial charge is 0.341 e. The lowest BCUT2D eigenvalue weighted by atomic mass is 10.2. The molecule has 1 heterocycles. The van der Waals surface area contributed by atoms with E-state index < -0.39 is 12.1 Å². The summed E-state index contributed by atoms with van der Waals surface area (Å²) in [6.07, 6.45) is -0.743. The monoisotopic (exact) mass is 262 g/mol. The Balaban J connectivity index is 2.98. The molecule has 1 atom stereocenters. The highest BCUT2D eigenvalue weighted by molar-refractivity contribution is 9.09. The standard InChI is InChI=1S/C9H11BrO4/c1-5-6(9(12)13-2)3-8(14-5)7(11)4-10/h3,7,11H,4H2,1-2H3. The number of carbonyl (C=O) groups is 1. The van der Waals surface area contributed by atoms with Gasteiger partial charge in [-0.15, -0.1) is 0 Å². The highest BCUT2D eigenvalue weighted by atomic mass is 79.9. The van der Waals surface area contributed by atoms with E-state index in [1.807, 2.05) is 0 Å². The fraction of sp³-hybridized carbons (Fsp3) is 0.444. The summed E-state index contributed by atoms with van der Waals surface area (Å²) in [5, 5.41) is 9.79. The fourth-order valence-electron chi connectivity index (χ4n) is 1.06. The van der Waals surface area contributed by atoms with Crippen molar-refractivity contribution in [3.63, 3.8) is 0 Å². The average Bonchev–Trinajstić information content (AvgIpc) is 2.58. The second kappa shape index (κ2) is 4.61. The largest absolute Gasteiger partial charge is 0.465 e. The van der Waals surface area contributed by atoms with Crippen LogP contribution in [0.1, 0.15) is 28.0 Å². The van der Waals surface area contributed by atoms with Crippen molar-refractivity contribution in [2.75, 3.05) is 12.4 Å². The third kappa shape index (κ3) is 2.16. The summed E-state index contributed by atoms with van der Waals surface area (Å²) in [6.45, 7) is 1.65. The second-order valence-electron chi connectivity index (χ2n) is 2.78. The van der Waals surface area contributed by atoms with E-state index in [1.165, 1.54) is 13.2 Å². The zero-order valence-electron chi connectivity index (χ0n) is 7.91. The first kappa shape index (κ1) is 11.3. The van der Waals surface area contributed by atoms with Crippen molar-refractivity contribution < 1.29 is 19.1 Å². The molecule has 0 saturated heterocycles. The molecular weight excluding hydrogens is 252 g/mol. The first-order valence-corrected chi connectivity index (χ1v) is 5.15. The van der Waals surface area contributed by atoms with Gasteiger partial charge in [0, 0.05) is 5.33 Å². The first-order chi connectivity index (χ1) is 6.60. The zero-order valence-corrected chi connectivity index (χ0v) is 9.50. The lowest BCUT2D eigenvalue weighted by Gasteiger charge is -2.00. The molecule has 1 aromatic rings. The molecule has 0 aliphatic carbocycles. The molecule has 0 aliphatic heterocycles. The van der Waals surface area contributed by atoms with Crippen LogP contribution in [0.2, 0.25) is 0 Å². The van der Waals surface area contributed by atoms with Crippen LogP contribution in [0.4, 0.5) is 0 Å². The van der Waals surface area contributed by atoms with E-state index in [2.05, 4.69) is 20.7 Å². The van der Waals surface area contributed by atoms with Gasteiger partial charge in [-0.1, -0.05) is 15.9 Å². The van der Waals surface area contributed by atoms with Crippen molar-refractivity contribution in [2.24, 2.45) is 0 Å². The normalized spacial score (nSPS) is 12.6. The SMILES string of the molecule is COC(=O)c1cc(C(O)CBr)oc1C. The highest BCUT2D eigenvalue weighted by Gasteiger charge is 2.18. The van der Waals surface area contributed by atoms with Gasteiger partial charge in [-0.05, 0) is 13.0 Å². The zero-order chi connectivity index (χ0) is 10.7. The number of methoxy groups -OCH3 is 1. The Bertz CT molecular complexity index is 332. The molecule has 1 rings (SSSR count). The number of halogens is 1. The van der Waals surface area contributed by atoms with Gasteiger partial charge in [0.2, 0.25) is 0 Å². The molecule has 1 N–H and O–H groups in total. The molecule has 1 unspecified atom stereocenters. The quantitative estimate of drug-likeness (QED) is 0.667. The lowest BCUT2D eigenvalue weighted by Crippen LogP contribution is -2.01. The number of ether oxygens (including phenoxy) is 1. The minimum absolute atomic E-state index is 0.350. The Kier molecular flexibility index (Phi) is 3.71. The Morgan fingerprint density at radius 2 is 2.43 bits per heavy atom. The van der Waals surface area contributed by atoms with Crippen LogP contribution in [0.3, 0.4) is 0 Å². The second-order valence-corrected chi connectivity index (χ2v) is 3.43. The number of rotatable bonds is 3. The number of hydrogen-bond acceptors (Lipinski definition) is 4. The summed E-state index contributed by atoms with van der Waals surface area (Å²) in [4.78, 5) is 11.2. The number of aryl methyl sites for hydroxylation is 1. The number of aliphatic hydroxyl groups is 1. The van der Waals surface area contributed by atoms with Gasteiger partial charge < -0.3 is 14.3 Å². The molecule has 1 aromatic heterocycles. The van der Waals surface area contributed by atoms with Crippen LogP contribution >= 0.6 is 15.9 Å².